The van der Waals surface area contributed by atoms with Gasteiger partial charge in [0.2, 0.25) is 11.8 Å². The average Bonchev–Trinajstić information content (AvgIpc) is 3.31. The van der Waals surface area contributed by atoms with Gasteiger partial charge in [-0.1, -0.05) is 30.3 Å². The van der Waals surface area contributed by atoms with Crippen LogP contribution in [0.2, 0.25) is 0 Å². The Morgan fingerprint density at radius 2 is 1.81 bits per heavy atom. The predicted molar refractivity (Wildman–Crippen MR) is 138 cm³/mol. The van der Waals surface area contributed by atoms with E-state index in [4.69, 9.17) is 14.2 Å². The first-order valence-corrected chi connectivity index (χ1v) is 12.8. The van der Waals surface area contributed by atoms with E-state index in [0.29, 0.717) is 37.7 Å². The molecular weight excluding hydrogens is 472 g/mol. The van der Waals surface area contributed by atoms with Gasteiger partial charge in [-0.25, -0.2) is 0 Å². The summed E-state index contributed by atoms with van der Waals surface area (Å²) in [7, 11) is 3.20. The van der Waals surface area contributed by atoms with Gasteiger partial charge in [0.15, 0.2) is 11.5 Å². The Kier molecular flexibility index (Phi) is 6.26. The number of amides is 2. The van der Waals surface area contributed by atoms with Gasteiger partial charge in [0.1, 0.15) is 12.1 Å². The van der Waals surface area contributed by atoms with E-state index in [-0.39, 0.29) is 18.4 Å². The van der Waals surface area contributed by atoms with Crippen LogP contribution >= 0.6 is 0 Å². The van der Waals surface area contributed by atoms with Crippen molar-refractivity contribution in [2.24, 2.45) is 0 Å². The topological polar surface area (TPSA) is 87.3 Å². The quantitative estimate of drug-likeness (QED) is 0.554. The summed E-state index contributed by atoms with van der Waals surface area (Å²) in [5, 5.41) is 1.08. The van der Waals surface area contributed by atoms with Crippen LogP contribution in [0.25, 0.3) is 10.9 Å². The number of piperazine rings is 1. The van der Waals surface area contributed by atoms with Crippen LogP contribution < -0.4 is 9.47 Å². The summed E-state index contributed by atoms with van der Waals surface area (Å²) >= 11 is 0. The van der Waals surface area contributed by atoms with E-state index in [1.165, 1.54) is 0 Å². The molecule has 9 nitrogen and oxygen atoms in total. The van der Waals surface area contributed by atoms with Gasteiger partial charge in [-0.05, 0) is 17.7 Å². The van der Waals surface area contributed by atoms with Crippen LogP contribution in [0.4, 0.5) is 0 Å². The van der Waals surface area contributed by atoms with E-state index in [0.717, 1.165) is 47.4 Å². The van der Waals surface area contributed by atoms with Crippen LogP contribution in [0.15, 0.2) is 42.5 Å². The maximum atomic E-state index is 13.9. The van der Waals surface area contributed by atoms with Crippen molar-refractivity contribution in [1.82, 2.24) is 19.7 Å². The molecule has 9 heteroatoms. The highest BCUT2D eigenvalue weighted by atomic mass is 16.5. The molecule has 0 spiro atoms. The van der Waals surface area contributed by atoms with Crippen molar-refractivity contribution in [1.29, 1.82) is 0 Å². The lowest BCUT2D eigenvalue weighted by molar-refractivity contribution is -0.159. The molecule has 37 heavy (non-hydrogen) atoms. The van der Waals surface area contributed by atoms with Crippen molar-refractivity contribution >= 4 is 22.7 Å². The van der Waals surface area contributed by atoms with Gasteiger partial charge in [-0.15, -0.1) is 0 Å². The first-order chi connectivity index (χ1) is 18.1. The molecule has 0 radical (unpaired) electrons. The third kappa shape index (κ3) is 4.02. The Labute approximate surface area is 215 Å². The number of carbonyl (C=O) groups is 2. The highest BCUT2D eigenvalue weighted by Crippen LogP contribution is 2.46. The summed E-state index contributed by atoms with van der Waals surface area (Å²) in [5.74, 6) is 1.08. The van der Waals surface area contributed by atoms with Gasteiger partial charge in [0.25, 0.3) is 0 Å². The lowest BCUT2D eigenvalue weighted by Crippen LogP contribution is -2.63. The summed E-state index contributed by atoms with van der Waals surface area (Å²) in [4.78, 5) is 37.1. The number of nitrogens with zero attached hydrogens (tertiary/aromatic N) is 3. The number of methoxy groups -OCH3 is 2. The molecule has 0 saturated carbocycles. The van der Waals surface area contributed by atoms with E-state index in [2.05, 4.69) is 16.0 Å². The Balaban J connectivity index is 1.42. The number of hydrogen-bond donors (Lipinski definition) is 1. The molecule has 0 bridgehead atoms. The summed E-state index contributed by atoms with van der Waals surface area (Å²) in [6.07, 6.45) is 0.473. The molecule has 0 aliphatic carbocycles. The zero-order valence-electron chi connectivity index (χ0n) is 21.2. The third-order valence-electron chi connectivity index (χ3n) is 7.86. The normalized spacial score (nSPS) is 22.2. The molecular formula is C28H32N4O5. The van der Waals surface area contributed by atoms with Gasteiger partial charge in [-0.2, -0.15) is 0 Å². The number of nitrogens with one attached hydrogen (secondary N) is 1. The molecule has 2 saturated heterocycles. The van der Waals surface area contributed by atoms with Crippen LogP contribution in [0.5, 0.6) is 11.5 Å². The molecule has 4 heterocycles. The maximum Gasteiger partial charge on any atom is 0.246 e. The largest absolute Gasteiger partial charge is 0.493 e. The molecule has 2 aromatic carbocycles. The fourth-order valence-corrected chi connectivity index (χ4v) is 6.05. The molecule has 2 amide bonds. The highest BCUT2D eigenvalue weighted by Gasteiger charge is 2.49. The van der Waals surface area contributed by atoms with E-state index in [9.17, 15) is 9.59 Å². The van der Waals surface area contributed by atoms with Gasteiger partial charge in [-0.3, -0.25) is 14.5 Å². The van der Waals surface area contributed by atoms with Crippen molar-refractivity contribution in [3.05, 3.63) is 59.3 Å². The molecule has 3 aliphatic heterocycles. The van der Waals surface area contributed by atoms with Gasteiger partial charge in [0, 0.05) is 54.8 Å². The third-order valence-corrected chi connectivity index (χ3v) is 7.86. The first kappa shape index (κ1) is 23.8. The minimum Gasteiger partial charge on any atom is -0.493 e. The second-order valence-corrected chi connectivity index (χ2v) is 9.78. The molecule has 2 atom stereocenters. The molecule has 1 N–H and O–H groups in total. The van der Waals surface area contributed by atoms with Gasteiger partial charge in [0.05, 0.1) is 34.0 Å². The standard InChI is InChI=1S/C28H32N4O5/c1-35-23-9-5-7-19(27(23)36-2)26-25-20(18-6-3-4-8-21(18)29-25)16-22-28(34)31(17-24(33)32(22)26)11-10-30-12-14-37-15-13-30/h3-9,22,26,29H,10-17H2,1-2H3/t22-,26+/m0/s1. The summed E-state index contributed by atoms with van der Waals surface area (Å²) in [6, 6.07) is 12.7. The maximum absolute atomic E-state index is 13.9. The fourth-order valence-electron chi connectivity index (χ4n) is 6.05. The zero-order valence-corrected chi connectivity index (χ0v) is 21.2. The molecule has 3 aliphatic rings. The number of aromatic nitrogens is 1. The molecule has 1 aromatic heterocycles. The van der Waals surface area contributed by atoms with Crippen LogP contribution in [-0.2, 0) is 20.7 Å². The van der Waals surface area contributed by atoms with Crippen molar-refractivity contribution in [2.75, 3.05) is 60.2 Å². The molecule has 2 fully saturated rings. The average molecular weight is 505 g/mol. The Morgan fingerprint density at radius 1 is 1.00 bits per heavy atom. The van der Waals surface area contributed by atoms with Gasteiger partial charge < -0.3 is 29.0 Å². The van der Waals surface area contributed by atoms with Crippen molar-refractivity contribution in [3.63, 3.8) is 0 Å². The fraction of sp³-hybridized carbons (Fsp3) is 0.429. The summed E-state index contributed by atoms with van der Waals surface area (Å²) < 4.78 is 16.8. The second-order valence-electron chi connectivity index (χ2n) is 9.78. The number of H-pyrrole nitrogens is 1. The zero-order chi connectivity index (χ0) is 25.5. The summed E-state index contributed by atoms with van der Waals surface area (Å²) in [6.45, 7) is 4.44. The number of aromatic amines is 1. The number of hydrogen-bond acceptors (Lipinski definition) is 6. The Morgan fingerprint density at radius 3 is 2.59 bits per heavy atom. The molecule has 0 unspecified atom stereocenters. The van der Waals surface area contributed by atoms with Gasteiger partial charge >= 0.3 is 0 Å². The van der Waals surface area contributed by atoms with Crippen molar-refractivity contribution < 1.29 is 23.8 Å². The number of morpholine rings is 1. The Hall–Kier alpha value is -3.56. The highest BCUT2D eigenvalue weighted by molar-refractivity contribution is 5.97. The van der Waals surface area contributed by atoms with E-state index in [1.54, 1.807) is 24.0 Å². The number of benzene rings is 2. The minimum absolute atomic E-state index is 0.00402. The number of ether oxygens (including phenoxy) is 3. The monoisotopic (exact) mass is 504 g/mol. The summed E-state index contributed by atoms with van der Waals surface area (Å²) in [5.41, 5.74) is 3.78. The minimum atomic E-state index is -0.585. The molecule has 6 rings (SSSR count). The smallest absolute Gasteiger partial charge is 0.246 e. The SMILES string of the molecule is COc1cccc([C@@H]2c3[nH]c4ccccc4c3C[C@H]3C(=O)N(CCN4CCOCC4)CC(=O)N23)c1OC. The van der Waals surface area contributed by atoms with E-state index >= 15 is 0 Å². The lowest BCUT2D eigenvalue weighted by Gasteiger charge is -2.47. The number of carbonyl (C=O) groups excluding carboxylic acids is 2. The lowest BCUT2D eigenvalue weighted by atomic mass is 9.85. The molecule has 3 aromatic rings. The van der Waals surface area contributed by atoms with E-state index in [1.807, 2.05) is 36.4 Å². The number of fused-ring (bicyclic) bond motifs is 4. The van der Waals surface area contributed by atoms with Crippen molar-refractivity contribution in [3.8, 4) is 11.5 Å². The predicted octanol–water partition coefficient (Wildman–Crippen LogP) is 2.20. The van der Waals surface area contributed by atoms with Crippen LogP contribution in [0.1, 0.15) is 22.9 Å². The van der Waals surface area contributed by atoms with E-state index < -0.39 is 12.1 Å². The number of para-hydroxylation sites is 2. The second kappa shape index (κ2) is 9.72. The Bertz CT molecular complexity index is 1330. The van der Waals surface area contributed by atoms with Crippen LogP contribution in [0, 0.1) is 0 Å². The van der Waals surface area contributed by atoms with Crippen molar-refractivity contribution in [2.45, 2.75) is 18.5 Å². The molecule has 194 valence electrons. The van der Waals surface area contributed by atoms with Crippen LogP contribution in [0.3, 0.4) is 0 Å². The number of rotatable bonds is 6. The first-order valence-electron chi connectivity index (χ1n) is 12.8. The van der Waals surface area contributed by atoms with Crippen LogP contribution in [-0.4, -0.2) is 97.7 Å².